The zero-order valence-electron chi connectivity index (χ0n) is 15.3. The molecule has 0 aliphatic heterocycles. The third kappa shape index (κ3) is 4.36. The summed E-state index contributed by atoms with van der Waals surface area (Å²) in [6, 6.07) is 15.6. The van der Waals surface area contributed by atoms with Gasteiger partial charge in [0.15, 0.2) is 16.1 Å². The summed E-state index contributed by atoms with van der Waals surface area (Å²) in [5.74, 6) is 0.349. The summed E-state index contributed by atoms with van der Waals surface area (Å²) in [7, 11) is 0. The van der Waals surface area contributed by atoms with Gasteiger partial charge in [0.1, 0.15) is 0 Å². The summed E-state index contributed by atoms with van der Waals surface area (Å²) in [5.41, 5.74) is 1.30. The third-order valence-corrected chi connectivity index (χ3v) is 5.59. The van der Waals surface area contributed by atoms with Gasteiger partial charge in [-0.15, -0.1) is 21.5 Å². The normalized spacial score (nSPS) is 10.7. The fraction of sp³-hybridized carbons (Fsp3) is 0.0526. The van der Waals surface area contributed by atoms with Crippen LogP contribution in [0.5, 0.6) is 0 Å². The lowest BCUT2D eigenvalue weighted by molar-refractivity contribution is -0.384. The van der Waals surface area contributed by atoms with Gasteiger partial charge in [-0.2, -0.15) is 0 Å². The van der Waals surface area contributed by atoms with E-state index in [9.17, 15) is 14.9 Å². The number of nitro benzene ring substituents is 1. The summed E-state index contributed by atoms with van der Waals surface area (Å²) < 4.78 is 1.78. The Bertz CT molecular complexity index is 1180. The number of amides is 1. The molecule has 11 heteroatoms. The quantitative estimate of drug-likeness (QED) is 0.263. The fourth-order valence-corrected chi connectivity index (χ4v) is 3.99. The van der Waals surface area contributed by atoms with Crippen LogP contribution in [0.3, 0.4) is 0 Å². The maximum absolute atomic E-state index is 12.2. The van der Waals surface area contributed by atoms with Crippen LogP contribution in [0.4, 0.5) is 10.8 Å². The van der Waals surface area contributed by atoms with Crippen molar-refractivity contribution in [2.45, 2.75) is 5.16 Å². The minimum Gasteiger partial charge on any atom is -0.301 e. The van der Waals surface area contributed by atoms with Crippen molar-refractivity contribution in [2.24, 2.45) is 0 Å². The molecule has 2 heterocycles. The number of aromatic nitrogens is 4. The van der Waals surface area contributed by atoms with E-state index in [4.69, 9.17) is 0 Å². The zero-order chi connectivity index (χ0) is 20.9. The summed E-state index contributed by atoms with van der Waals surface area (Å²) >= 11 is 2.56. The van der Waals surface area contributed by atoms with Crippen LogP contribution in [0, 0.1) is 10.1 Å². The van der Waals surface area contributed by atoms with Crippen molar-refractivity contribution in [1.29, 1.82) is 0 Å². The molecule has 1 N–H and O–H groups in total. The van der Waals surface area contributed by atoms with E-state index in [0.717, 1.165) is 5.69 Å². The lowest BCUT2D eigenvalue weighted by Gasteiger charge is -2.10. The van der Waals surface area contributed by atoms with E-state index in [2.05, 4.69) is 20.5 Å². The minimum absolute atomic E-state index is 0.0351. The van der Waals surface area contributed by atoms with Crippen LogP contribution in [0.25, 0.3) is 17.1 Å². The van der Waals surface area contributed by atoms with Gasteiger partial charge >= 0.3 is 0 Å². The van der Waals surface area contributed by atoms with Crippen molar-refractivity contribution >= 4 is 39.8 Å². The number of carbonyl (C=O) groups is 1. The average molecular weight is 438 g/mol. The summed E-state index contributed by atoms with van der Waals surface area (Å²) in [5, 5.41) is 25.2. The number of hydrogen-bond acceptors (Lipinski definition) is 8. The molecule has 2 aromatic heterocycles. The van der Waals surface area contributed by atoms with Gasteiger partial charge in [-0.05, 0) is 12.1 Å². The second kappa shape index (κ2) is 8.84. The largest absolute Gasteiger partial charge is 0.301 e. The standard InChI is InChI=1S/C19H14N6O3S2/c26-16(21-18-20-9-10-29-18)12-30-19-23-22-17(24(19)14-6-2-1-3-7-14)13-5-4-8-15(11-13)25(27)28/h1-11H,12H2,(H,20,21,26). The Hall–Kier alpha value is -3.57. The van der Waals surface area contributed by atoms with Gasteiger partial charge in [0, 0.05) is 35.0 Å². The van der Waals surface area contributed by atoms with E-state index >= 15 is 0 Å². The first kappa shape index (κ1) is 19.7. The Balaban J connectivity index is 1.65. The molecule has 0 atom stereocenters. The van der Waals surface area contributed by atoms with Crippen LogP contribution >= 0.6 is 23.1 Å². The predicted molar refractivity (Wildman–Crippen MR) is 115 cm³/mol. The Morgan fingerprint density at radius 2 is 2.00 bits per heavy atom. The number of nitrogens with one attached hydrogen (secondary N) is 1. The van der Waals surface area contributed by atoms with Gasteiger partial charge in [0.2, 0.25) is 5.91 Å². The third-order valence-electron chi connectivity index (χ3n) is 3.97. The summed E-state index contributed by atoms with van der Waals surface area (Å²) in [4.78, 5) is 27.0. The number of hydrogen-bond donors (Lipinski definition) is 1. The van der Waals surface area contributed by atoms with Gasteiger partial charge in [0.05, 0.1) is 10.7 Å². The van der Waals surface area contributed by atoms with Crippen molar-refractivity contribution in [2.75, 3.05) is 11.1 Å². The summed E-state index contributed by atoms with van der Waals surface area (Å²) in [6.45, 7) is 0. The Labute approximate surface area is 179 Å². The maximum atomic E-state index is 12.2. The number of benzene rings is 2. The highest BCUT2D eigenvalue weighted by molar-refractivity contribution is 7.99. The van der Waals surface area contributed by atoms with E-state index in [0.29, 0.717) is 21.7 Å². The molecule has 4 rings (SSSR count). The molecule has 0 saturated carbocycles. The van der Waals surface area contributed by atoms with E-state index < -0.39 is 4.92 Å². The van der Waals surface area contributed by atoms with Gasteiger partial charge < -0.3 is 5.32 Å². The maximum Gasteiger partial charge on any atom is 0.270 e. The molecule has 0 radical (unpaired) electrons. The van der Waals surface area contributed by atoms with E-state index in [1.54, 1.807) is 28.3 Å². The first-order valence-corrected chi connectivity index (χ1v) is 10.6. The molecule has 0 aliphatic carbocycles. The Kier molecular flexibility index (Phi) is 5.82. The lowest BCUT2D eigenvalue weighted by atomic mass is 10.2. The van der Waals surface area contributed by atoms with Crippen LogP contribution < -0.4 is 5.32 Å². The number of anilines is 1. The average Bonchev–Trinajstić information content (AvgIpc) is 3.42. The van der Waals surface area contributed by atoms with E-state index in [1.807, 2.05) is 30.3 Å². The fourth-order valence-electron chi connectivity index (χ4n) is 2.69. The second-order valence-electron chi connectivity index (χ2n) is 5.96. The first-order chi connectivity index (χ1) is 14.6. The van der Waals surface area contributed by atoms with Crippen molar-refractivity contribution in [1.82, 2.24) is 19.7 Å². The van der Waals surface area contributed by atoms with Crippen molar-refractivity contribution < 1.29 is 9.72 Å². The molecule has 4 aromatic rings. The Morgan fingerprint density at radius 1 is 1.17 bits per heavy atom. The second-order valence-corrected chi connectivity index (χ2v) is 7.80. The number of thioether (sulfide) groups is 1. The number of carbonyl (C=O) groups excluding carboxylic acids is 1. The molecular weight excluding hydrogens is 424 g/mol. The number of nitrogens with zero attached hydrogens (tertiary/aromatic N) is 5. The topological polar surface area (TPSA) is 116 Å². The molecule has 150 valence electrons. The smallest absolute Gasteiger partial charge is 0.270 e. The SMILES string of the molecule is O=C(CSc1nnc(-c2cccc([N+](=O)[O-])c2)n1-c1ccccc1)Nc1nccs1. The van der Waals surface area contributed by atoms with Crippen LogP contribution in [0.1, 0.15) is 0 Å². The van der Waals surface area contributed by atoms with Crippen molar-refractivity contribution in [3.05, 3.63) is 76.3 Å². The summed E-state index contributed by atoms with van der Waals surface area (Å²) in [6.07, 6.45) is 1.62. The molecule has 1 amide bonds. The number of non-ortho nitro benzene ring substituents is 1. The van der Waals surface area contributed by atoms with Gasteiger partial charge in [-0.25, -0.2) is 4.98 Å². The monoisotopic (exact) mass is 438 g/mol. The molecular formula is C19H14N6O3S2. The van der Waals surface area contributed by atoms with Gasteiger partial charge in [-0.1, -0.05) is 42.1 Å². The molecule has 0 spiro atoms. The van der Waals surface area contributed by atoms with Crippen LogP contribution in [-0.2, 0) is 4.79 Å². The number of thiazole rings is 1. The molecule has 0 aliphatic rings. The molecule has 9 nitrogen and oxygen atoms in total. The number of rotatable bonds is 7. The highest BCUT2D eigenvalue weighted by Crippen LogP contribution is 2.29. The van der Waals surface area contributed by atoms with Crippen LogP contribution in [-0.4, -0.2) is 36.3 Å². The molecule has 0 unspecified atom stereocenters. The minimum atomic E-state index is -0.453. The molecule has 0 fully saturated rings. The number of nitro groups is 1. The van der Waals surface area contributed by atoms with Crippen LogP contribution in [0.2, 0.25) is 0 Å². The molecule has 0 bridgehead atoms. The predicted octanol–water partition coefficient (Wildman–Crippen LogP) is 4.03. The highest BCUT2D eigenvalue weighted by atomic mass is 32.2. The molecule has 30 heavy (non-hydrogen) atoms. The molecule has 0 saturated heterocycles. The van der Waals surface area contributed by atoms with E-state index in [-0.39, 0.29) is 17.3 Å². The Morgan fingerprint density at radius 3 is 2.73 bits per heavy atom. The lowest BCUT2D eigenvalue weighted by Crippen LogP contribution is -2.14. The van der Waals surface area contributed by atoms with Gasteiger partial charge in [-0.3, -0.25) is 19.5 Å². The van der Waals surface area contributed by atoms with Crippen LogP contribution in [0.15, 0.2) is 71.3 Å². The highest BCUT2D eigenvalue weighted by Gasteiger charge is 2.19. The molecule has 2 aromatic carbocycles. The number of para-hydroxylation sites is 1. The zero-order valence-corrected chi connectivity index (χ0v) is 17.0. The van der Waals surface area contributed by atoms with Crippen molar-refractivity contribution in [3.8, 4) is 17.1 Å². The van der Waals surface area contributed by atoms with Crippen molar-refractivity contribution in [3.63, 3.8) is 0 Å². The first-order valence-electron chi connectivity index (χ1n) is 8.69. The van der Waals surface area contributed by atoms with E-state index in [1.165, 1.54) is 35.2 Å². The van der Waals surface area contributed by atoms with Gasteiger partial charge in [0.25, 0.3) is 5.69 Å².